The second-order valence-corrected chi connectivity index (χ2v) is 6.31. The molecular formula is C19H18N2OS. The Balaban J connectivity index is 1.91. The van der Waals surface area contributed by atoms with Gasteiger partial charge in [0.1, 0.15) is 0 Å². The van der Waals surface area contributed by atoms with Crippen molar-refractivity contribution >= 4 is 34.6 Å². The number of aliphatic imine (C=N–C) groups is 1. The van der Waals surface area contributed by atoms with E-state index in [1.165, 1.54) is 17.3 Å². The van der Waals surface area contributed by atoms with E-state index >= 15 is 0 Å². The maximum absolute atomic E-state index is 12.6. The number of aryl methyl sites for hydroxylation is 1. The standard InChI is InChI=1S/C19H18N2OS/c1-3-21-18(22)17(13-15-7-5-4-6-8-15)23-19(21)20-16-11-9-14(2)10-12-16/h4-13H,3H2,1-2H3/b17-13-,20-19?. The van der Waals surface area contributed by atoms with Crippen LogP contribution in [0.1, 0.15) is 18.1 Å². The number of hydrogen-bond acceptors (Lipinski definition) is 3. The molecule has 0 saturated carbocycles. The molecule has 1 fully saturated rings. The van der Waals surface area contributed by atoms with Crippen molar-refractivity contribution in [1.29, 1.82) is 0 Å². The van der Waals surface area contributed by atoms with Crippen LogP contribution in [-0.2, 0) is 4.79 Å². The fourth-order valence-electron chi connectivity index (χ4n) is 2.30. The molecule has 1 heterocycles. The molecule has 2 aromatic rings. The summed E-state index contributed by atoms with van der Waals surface area (Å²) in [4.78, 5) is 19.6. The lowest BCUT2D eigenvalue weighted by molar-refractivity contribution is -0.122. The number of nitrogens with zero attached hydrogens (tertiary/aromatic N) is 2. The molecule has 0 spiro atoms. The summed E-state index contributed by atoms with van der Waals surface area (Å²) in [7, 11) is 0. The lowest BCUT2D eigenvalue weighted by Gasteiger charge is -2.11. The van der Waals surface area contributed by atoms with E-state index in [0.29, 0.717) is 11.4 Å². The fraction of sp³-hybridized carbons (Fsp3) is 0.158. The second-order valence-electron chi connectivity index (χ2n) is 5.30. The quantitative estimate of drug-likeness (QED) is 0.773. The Bertz CT molecular complexity index is 764. The highest BCUT2D eigenvalue weighted by atomic mass is 32.2. The van der Waals surface area contributed by atoms with Crippen LogP contribution < -0.4 is 0 Å². The minimum absolute atomic E-state index is 0.0206. The topological polar surface area (TPSA) is 32.7 Å². The summed E-state index contributed by atoms with van der Waals surface area (Å²) in [6, 6.07) is 17.9. The monoisotopic (exact) mass is 322 g/mol. The first-order valence-corrected chi connectivity index (χ1v) is 8.41. The van der Waals surface area contributed by atoms with Crippen LogP contribution in [0, 0.1) is 6.92 Å². The maximum atomic E-state index is 12.6. The number of rotatable bonds is 3. The summed E-state index contributed by atoms with van der Waals surface area (Å²) in [5.74, 6) is 0.0206. The van der Waals surface area contributed by atoms with Gasteiger partial charge in [0.25, 0.3) is 5.91 Å². The van der Waals surface area contributed by atoms with Gasteiger partial charge in [-0.3, -0.25) is 9.69 Å². The second kappa shape index (κ2) is 6.84. The molecule has 3 rings (SSSR count). The molecule has 1 amide bonds. The highest BCUT2D eigenvalue weighted by molar-refractivity contribution is 8.18. The van der Waals surface area contributed by atoms with Crippen molar-refractivity contribution in [2.24, 2.45) is 4.99 Å². The molecule has 3 nitrogen and oxygen atoms in total. The van der Waals surface area contributed by atoms with Gasteiger partial charge in [-0.2, -0.15) is 0 Å². The Morgan fingerprint density at radius 1 is 1.09 bits per heavy atom. The summed E-state index contributed by atoms with van der Waals surface area (Å²) in [5.41, 5.74) is 3.09. The Morgan fingerprint density at radius 2 is 1.78 bits per heavy atom. The number of carbonyl (C=O) groups excluding carboxylic acids is 1. The molecule has 23 heavy (non-hydrogen) atoms. The number of amides is 1. The molecule has 0 radical (unpaired) electrons. The third-order valence-electron chi connectivity index (χ3n) is 3.56. The van der Waals surface area contributed by atoms with Crippen LogP contribution in [0.15, 0.2) is 64.5 Å². The third-order valence-corrected chi connectivity index (χ3v) is 4.57. The summed E-state index contributed by atoms with van der Waals surface area (Å²) < 4.78 is 0. The molecule has 4 heteroatoms. The van der Waals surface area contributed by atoms with Crippen LogP contribution in [0.5, 0.6) is 0 Å². The molecule has 1 saturated heterocycles. The van der Waals surface area contributed by atoms with Crippen molar-refractivity contribution in [1.82, 2.24) is 4.90 Å². The minimum Gasteiger partial charge on any atom is -0.287 e. The Labute approximate surface area is 140 Å². The predicted molar refractivity (Wildman–Crippen MR) is 97.7 cm³/mol. The van der Waals surface area contributed by atoms with Crippen molar-refractivity contribution < 1.29 is 4.79 Å². The van der Waals surface area contributed by atoms with Gasteiger partial charge < -0.3 is 0 Å². The predicted octanol–water partition coefficient (Wildman–Crippen LogP) is 4.62. The molecule has 116 valence electrons. The van der Waals surface area contributed by atoms with Crippen molar-refractivity contribution in [2.75, 3.05) is 6.54 Å². The molecule has 0 N–H and O–H groups in total. The van der Waals surface area contributed by atoms with E-state index in [9.17, 15) is 4.79 Å². The number of thioether (sulfide) groups is 1. The van der Waals surface area contributed by atoms with Crippen molar-refractivity contribution in [3.8, 4) is 0 Å². The van der Waals surface area contributed by atoms with Crippen molar-refractivity contribution in [3.63, 3.8) is 0 Å². The van der Waals surface area contributed by atoms with Gasteiger partial charge in [0.05, 0.1) is 10.6 Å². The molecule has 0 bridgehead atoms. The van der Waals surface area contributed by atoms with Crippen molar-refractivity contribution in [3.05, 3.63) is 70.6 Å². The van der Waals surface area contributed by atoms with Gasteiger partial charge in [0.2, 0.25) is 0 Å². The van der Waals surface area contributed by atoms with Crippen LogP contribution in [0.25, 0.3) is 6.08 Å². The zero-order valence-corrected chi connectivity index (χ0v) is 14.0. The molecule has 1 aliphatic rings. The first-order valence-electron chi connectivity index (χ1n) is 7.59. The molecule has 2 aromatic carbocycles. The molecular weight excluding hydrogens is 304 g/mol. The highest BCUT2D eigenvalue weighted by Crippen LogP contribution is 2.33. The van der Waals surface area contributed by atoms with Gasteiger partial charge in [0.15, 0.2) is 5.17 Å². The van der Waals surface area contributed by atoms with E-state index in [2.05, 4.69) is 4.99 Å². The van der Waals surface area contributed by atoms with Crippen molar-refractivity contribution in [2.45, 2.75) is 13.8 Å². The smallest absolute Gasteiger partial charge is 0.266 e. The molecule has 0 aliphatic carbocycles. The Morgan fingerprint density at radius 3 is 2.43 bits per heavy atom. The van der Waals surface area contributed by atoms with E-state index in [1.807, 2.05) is 74.5 Å². The Hall–Kier alpha value is -2.33. The molecule has 0 atom stereocenters. The third kappa shape index (κ3) is 3.54. The fourth-order valence-corrected chi connectivity index (χ4v) is 3.36. The SMILES string of the molecule is CCN1C(=O)/C(=C/c2ccccc2)SC1=Nc1ccc(C)cc1. The van der Waals surface area contributed by atoms with Gasteiger partial charge in [-0.15, -0.1) is 0 Å². The largest absolute Gasteiger partial charge is 0.287 e. The van der Waals surface area contributed by atoms with E-state index in [-0.39, 0.29) is 5.91 Å². The zero-order valence-electron chi connectivity index (χ0n) is 13.2. The van der Waals surface area contributed by atoms with Crippen LogP contribution in [0.3, 0.4) is 0 Å². The van der Waals surface area contributed by atoms with Gasteiger partial charge in [-0.1, -0.05) is 48.0 Å². The first kappa shape index (κ1) is 15.6. The number of hydrogen-bond donors (Lipinski definition) is 0. The lowest BCUT2D eigenvalue weighted by atomic mass is 10.2. The summed E-state index contributed by atoms with van der Waals surface area (Å²) in [5, 5.41) is 0.739. The molecule has 1 aliphatic heterocycles. The van der Waals surface area contributed by atoms with Crippen LogP contribution in [-0.4, -0.2) is 22.5 Å². The zero-order chi connectivity index (χ0) is 16.2. The summed E-state index contributed by atoms with van der Waals surface area (Å²) in [6.45, 7) is 4.63. The number of likely N-dealkylation sites (N-methyl/N-ethyl adjacent to an activating group) is 1. The van der Waals surface area contributed by atoms with E-state index in [0.717, 1.165) is 16.4 Å². The van der Waals surface area contributed by atoms with Crippen LogP contribution in [0.4, 0.5) is 5.69 Å². The van der Waals surface area contributed by atoms with Gasteiger partial charge in [0, 0.05) is 6.54 Å². The number of amidine groups is 1. The number of benzene rings is 2. The molecule has 0 aromatic heterocycles. The van der Waals surface area contributed by atoms with E-state index in [4.69, 9.17) is 0 Å². The van der Waals surface area contributed by atoms with E-state index < -0.39 is 0 Å². The first-order chi connectivity index (χ1) is 11.2. The average Bonchev–Trinajstić information content (AvgIpc) is 2.85. The summed E-state index contributed by atoms with van der Waals surface area (Å²) in [6.07, 6.45) is 1.92. The van der Waals surface area contributed by atoms with Gasteiger partial charge >= 0.3 is 0 Å². The minimum atomic E-state index is 0.0206. The van der Waals surface area contributed by atoms with Gasteiger partial charge in [-0.05, 0) is 49.4 Å². The lowest BCUT2D eigenvalue weighted by Crippen LogP contribution is -2.28. The normalized spacial score (nSPS) is 18.2. The maximum Gasteiger partial charge on any atom is 0.266 e. The summed E-state index contributed by atoms with van der Waals surface area (Å²) >= 11 is 1.43. The number of carbonyl (C=O) groups is 1. The molecule has 0 unspecified atom stereocenters. The van der Waals surface area contributed by atoms with Crippen LogP contribution >= 0.6 is 11.8 Å². The van der Waals surface area contributed by atoms with Crippen LogP contribution in [0.2, 0.25) is 0 Å². The van der Waals surface area contributed by atoms with Gasteiger partial charge in [-0.25, -0.2) is 4.99 Å². The highest BCUT2D eigenvalue weighted by Gasteiger charge is 2.32. The Kier molecular flexibility index (Phi) is 4.63. The van der Waals surface area contributed by atoms with E-state index in [1.54, 1.807) is 4.90 Å². The average molecular weight is 322 g/mol.